The Morgan fingerprint density at radius 1 is 0.565 bits per heavy atom. The Labute approximate surface area is 145 Å². The molecule has 2 heterocycles. The molecule has 126 valence electrons. The SMILES string of the molecule is O=C1C2CCCCC2C(=O)N1[I-]N1C(=O)C2CCCCC2C1=O. The third kappa shape index (κ3) is 2.34. The first-order valence-corrected chi connectivity index (χ1v) is 10.4. The van der Waals surface area contributed by atoms with E-state index in [4.69, 9.17) is 0 Å². The molecule has 0 radical (unpaired) electrons. The molecule has 2 saturated heterocycles. The summed E-state index contributed by atoms with van der Waals surface area (Å²) in [5.74, 6) is -1.36. The van der Waals surface area contributed by atoms with Gasteiger partial charge in [-0.1, -0.05) is 0 Å². The average Bonchev–Trinajstić information content (AvgIpc) is 2.97. The molecule has 4 aliphatic rings. The number of halogens is 1. The second kappa shape index (κ2) is 5.82. The van der Waals surface area contributed by atoms with Crippen molar-refractivity contribution < 1.29 is 40.9 Å². The summed E-state index contributed by atoms with van der Waals surface area (Å²) in [5.41, 5.74) is 0. The summed E-state index contributed by atoms with van der Waals surface area (Å²) < 4.78 is 2.57. The van der Waals surface area contributed by atoms with E-state index in [0.29, 0.717) is 0 Å². The fourth-order valence-corrected chi connectivity index (χ4v) is 7.18. The van der Waals surface area contributed by atoms with Gasteiger partial charge < -0.3 is 0 Å². The van der Waals surface area contributed by atoms with Crippen LogP contribution in [0.2, 0.25) is 0 Å². The zero-order valence-electron chi connectivity index (χ0n) is 12.9. The van der Waals surface area contributed by atoms with Gasteiger partial charge in [0.15, 0.2) is 0 Å². The second-order valence-corrected chi connectivity index (χ2v) is 9.35. The van der Waals surface area contributed by atoms with Crippen LogP contribution in [-0.2, 0) is 19.2 Å². The summed E-state index contributed by atoms with van der Waals surface area (Å²) in [6.45, 7) is 0. The number of carbonyl (C=O) groups is 4. The Bertz CT molecular complexity index is 495. The van der Waals surface area contributed by atoms with Crippen LogP contribution in [0.1, 0.15) is 51.4 Å². The molecule has 0 aromatic heterocycles. The molecule has 4 rings (SSSR count). The van der Waals surface area contributed by atoms with Crippen molar-refractivity contribution in [2.45, 2.75) is 51.4 Å². The molecule has 7 heteroatoms. The number of hydrogen-bond donors (Lipinski definition) is 0. The molecule has 0 aromatic rings. The number of imide groups is 2. The van der Waals surface area contributed by atoms with E-state index in [2.05, 4.69) is 0 Å². The van der Waals surface area contributed by atoms with E-state index in [1.807, 2.05) is 0 Å². The zero-order chi connectivity index (χ0) is 16.1. The third-order valence-electron chi connectivity index (χ3n) is 5.73. The Morgan fingerprint density at radius 2 is 0.826 bits per heavy atom. The number of amides is 4. The Kier molecular flexibility index (Phi) is 3.93. The summed E-state index contributed by atoms with van der Waals surface area (Å²) in [6.07, 6.45) is 7.00. The summed E-state index contributed by atoms with van der Waals surface area (Å²) in [4.78, 5) is 50.2. The van der Waals surface area contributed by atoms with Crippen LogP contribution < -0.4 is 21.8 Å². The van der Waals surface area contributed by atoms with Gasteiger partial charge in [-0.05, 0) is 0 Å². The van der Waals surface area contributed by atoms with Gasteiger partial charge in [-0.25, -0.2) is 0 Å². The van der Waals surface area contributed by atoms with Gasteiger partial charge >= 0.3 is 146 Å². The molecular formula is C16H20IN2O4-. The number of fused-ring (bicyclic) bond motifs is 2. The van der Waals surface area contributed by atoms with Crippen molar-refractivity contribution in [2.24, 2.45) is 23.7 Å². The van der Waals surface area contributed by atoms with E-state index in [-0.39, 0.29) is 47.3 Å². The van der Waals surface area contributed by atoms with Crippen LogP contribution in [0.25, 0.3) is 0 Å². The topological polar surface area (TPSA) is 74.8 Å². The molecule has 0 aromatic carbocycles. The average molecular weight is 431 g/mol. The molecule has 2 aliphatic heterocycles. The fraction of sp³-hybridized carbons (Fsp3) is 0.750. The van der Waals surface area contributed by atoms with Crippen molar-refractivity contribution in [1.82, 2.24) is 6.23 Å². The molecule has 0 bridgehead atoms. The van der Waals surface area contributed by atoms with E-state index in [1.165, 1.54) is 6.23 Å². The van der Waals surface area contributed by atoms with Crippen LogP contribution in [0.3, 0.4) is 0 Å². The normalized spacial score (nSPS) is 37.6. The van der Waals surface area contributed by atoms with Crippen molar-refractivity contribution in [1.29, 1.82) is 0 Å². The van der Waals surface area contributed by atoms with Gasteiger partial charge in [0, 0.05) is 0 Å². The van der Waals surface area contributed by atoms with Crippen molar-refractivity contribution in [3.63, 3.8) is 0 Å². The first kappa shape index (κ1) is 15.5. The molecule has 23 heavy (non-hydrogen) atoms. The van der Waals surface area contributed by atoms with Gasteiger partial charge in [0.2, 0.25) is 0 Å². The van der Waals surface area contributed by atoms with E-state index < -0.39 is 21.8 Å². The Balaban J connectivity index is 1.53. The van der Waals surface area contributed by atoms with E-state index in [0.717, 1.165) is 51.4 Å². The number of nitrogens with zero attached hydrogens (tertiary/aromatic N) is 2. The number of hydrogen-bond acceptors (Lipinski definition) is 4. The molecule has 4 fully saturated rings. The molecule has 4 amide bonds. The maximum absolute atomic E-state index is 12.5. The molecule has 0 N–H and O–H groups in total. The first-order chi connectivity index (χ1) is 11.1. The zero-order valence-corrected chi connectivity index (χ0v) is 15.0. The second-order valence-electron chi connectivity index (χ2n) is 6.99. The van der Waals surface area contributed by atoms with Crippen molar-refractivity contribution >= 4 is 23.6 Å². The van der Waals surface area contributed by atoms with Gasteiger partial charge in [-0.3, -0.25) is 0 Å². The van der Waals surface area contributed by atoms with Crippen LogP contribution in [0, 0.1) is 23.7 Å². The third-order valence-corrected chi connectivity index (χ3v) is 8.49. The summed E-state index contributed by atoms with van der Waals surface area (Å²) >= 11 is -1.35. The van der Waals surface area contributed by atoms with Crippen molar-refractivity contribution in [3.05, 3.63) is 0 Å². The summed E-state index contributed by atoms with van der Waals surface area (Å²) in [7, 11) is 0. The van der Waals surface area contributed by atoms with Crippen molar-refractivity contribution in [2.75, 3.05) is 0 Å². The Hall–Kier alpha value is -0.990. The van der Waals surface area contributed by atoms with Crippen LogP contribution in [-0.4, -0.2) is 29.9 Å². The predicted molar refractivity (Wildman–Crippen MR) is 74.6 cm³/mol. The van der Waals surface area contributed by atoms with Gasteiger partial charge in [0.25, 0.3) is 0 Å². The van der Waals surface area contributed by atoms with Crippen LogP contribution in [0.5, 0.6) is 0 Å². The van der Waals surface area contributed by atoms with Gasteiger partial charge in [-0.2, -0.15) is 0 Å². The minimum absolute atomic E-state index is 0.136. The minimum atomic E-state index is -1.35. The van der Waals surface area contributed by atoms with Gasteiger partial charge in [0.05, 0.1) is 0 Å². The standard InChI is InChI=1S/C16H20IN2O4/c20-13-9-5-1-2-6-10(9)14(21)18(13)17-19-15(22)11-7-3-4-8-12(11)16(19)23/h9-12H,1-8H2/q-1. The molecular weight excluding hydrogens is 411 g/mol. The van der Waals surface area contributed by atoms with E-state index >= 15 is 0 Å². The van der Waals surface area contributed by atoms with Crippen LogP contribution in [0.15, 0.2) is 0 Å². The molecule has 2 aliphatic carbocycles. The first-order valence-electron chi connectivity index (χ1n) is 8.50. The van der Waals surface area contributed by atoms with E-state index in [9.17, 15) is 19.2 Å². The summed E-state index contributed by atoms with van der Waals surface area (Å²) in [5, 5.41) is 0. The molecule has 2 saturated carbocycles. The van der Waals surface area contributed by atoms with Crippen molar-refractivity contribution in [3.8, 4) is 0 Å². The molecule has 4 unspecified atom stereocenters. The fourth-order valence-electron chi connectivity index (χ4n) is 4.47. The van der Waals surface area contributed by atoms with Gasteiger partial charge in [-0.15, -0.1) is 0 Å². The van der Waals surface area contributed by atoms with E-state index in [1.54, 1.807) is 0 Å². The number of rotatable bonds is 2. The predicted octanol–water partition coefficient (Wildman–Crippen LogP) is -1.74. The van der Waals surface area contributed by atoms with Crippen LogP contribution in [0.4, 0.5) is 0 Å². The molecule has 4 atom stereocenters. The summed E-state index contributed by atoms with van der Waals surface area (Å²) in [6, 6.07) is 0. The Morgan fingerprint density at radius 3 is 1.09 bits per heavy atom. The quantitative estimate of drug-likeness (QED) is 0.296. The van der Waals surface area contributed by atoms with Gasteiger partial charge in [0.1, 0.15) is 0 Å². The monoisotopic (exact) mass is 431 g/mol. The number of carbonyl (C=O) groups excluding carboxylic acids is 4. The molecule has 0 spiro atoms. The van der Waals surface area contributed by atoms with Crippen LogP contribution >= 0.6 is 0 Å². The molecule has 6 nitrogen and oxygen atoms in total. The maximum atomic E-state index is 12.5.